The van der Waals surface area contributed by atoms with Crippen molar-refractivity contribution in [1.82, 2.24) is 39.0 Å². The molecule has 0 unspecified atom stereocenters. The second-order valence-electron chi connectivity index (χ2n) is 24.2. The number of hydrogen-bond acceptors (Lipinski definition) is 6. The maximum Gasteiger partial charge on any atom is 0.238 e. The summed E-state index contributed by atoms with van der Waals surface area (Å²) in [6, 6.07) is 104. The molecule has 422 valence electrons. The lowest BCUT2D eigenvalue weighted by Gasteiger charge is -2.33. The number of hydrogen-bond donors (Lipinski definition) is 0. The van der Waals surface area contributed by atoms with Gasteiger partial charge in [-0.3, -0.25) is 9.13 Å². The molecule has 8 heteroatoms. The first-order valence-electron chi connectivity index (χ1n) is 30.7. The number of fused-ring (bicyclic) bond motifs is 12. The standard InChI is InChI=1S/C82H54N8/c1-81(2)66-41-23-21-38-59(66)62-49-73-65(48-68(62)81)74-58(40-25-43-70(74)89(73)79-85-75(51-26-9-3-10-27-51)83-76(86-79)52-28-11-4-12-29-52)55-44-45-61-64-47-69-63(60-39-22-24-42-67(60)82(69,56-34-17-7-18-35-56)57-36-19-8-20-37-57)50-72(64)90(71(61)46-55)80-87-77(53-30-13-5-14-31-53)84-78(88-80)54-32-15-6-16-33-54/h3-50H,1-2H3. The number of nitrogens with zero attached hydrogens (tertiary/aromatic N) is 8. The maximum atomic E-state index is 5.50. The molecule has 0 saturated carbocycles. The van der Waals surface area contributed by atoms with Crippen LogP contribution in [-0.2, 0) is 10.8 Å². The maximum absolute atomic E-state index is 5.50. The van der Waals surface area contributed by atoms with Crippen molar-refractivity contribution in [1.29, 1.82) is 0 Å². The van der Waals surface area contributed by atoms with E-state index in [9.17, 15) is 0 Å². The van der Waals surface area contributed by atoms with Crippen molar-refractivity contribution in [2.24, 2.45) is 0 Å². The average Bonchev–Trinajstić information content (AvgIpc) is 1.53. The summed E-state index contributed by atoms with van der Waals surface area (Å²) in [5.74, 6) is 3.43. The quantitative estimate of drug-likeness (QED) is 0.143. The smallest absolute Gasteiger partial charge is 0.238 e. The molecule has 8 nitrogen and oxygen atoms in total. The van der Waals surface area contributed by atoms with Crippen molar-refractivity contribution in [3.05, 3.63) is 325 Å². The van der Waals surface area contributed by atoms with Crippen LogP contribution in [0, 0.1) is 0 Å². The zero-order chi connectivity index (χ0) is 59.7. The van der Waals surface area contributed by atoms with Gasteiger partial charge in [-0.15, -0.1) is 0 Å². The first-order chi connectivity index (χ1) is 44.4. The van der Waals surface area contributed by atoms with E-state index in [0.717, 1.165) is 82.6 Å². The summed E-state index contributed by atoms with van der Waals surface area (Å²) >= 11 is 0. The minimum Gasteiger partial charge on any atom is -0.278 e. The Hall–Kier alpha value is -11.7. The molecule has 0 amide bonds. The van der Waals surface area contributed by atoms with Crippen LogP contribution in [0.5, 0.6) is 0 Å². The highest BCUT2D eigenvalue weighted by Crippen LogP contribution is 2.58. The van der Waals surface area contributed by atoms with E-state index in [1.165, 1.54) is 50.1 Å². The highest BCUT2D eigenvalue weighted by Gasteiger charge is 2.47. The molecule has 2 aliphatic rings. The van der Waals surface area contributed by atoms with E-state index in [0.29, 0.717) is 35.2 Å². The van der Waals surface area contributed by atoms with Gasteiger partial charge >= 0.3 is 0 Å². The van der Waals surface area contributed by atoms with Crippen LogP contribution in [0.3, 0.4) is 0 Å². The number of rotatable bonds is 9. The van der Waals surface area contributed by atoms with Crippen LogP contribution in [0.2, 0.25) is 0 Å². The van der Waals surface area contributed by atoms with E-state index in [2.05, 4.69) is 241 Å². The fourth-order valence-electron chi connectivity index (χ4n) is 14.8. The highest BCUT2D eigenvalue weighted by atomic mass is 15.2. The molecule has 0 bridgehead atoms. The van der Waals surface area contributed by atoms with Crippen LogP contribution in [0.15, 0.2) is 291 Å². The van der Waals surface area contributed by atoms with Crippen molar-refractivity contribution >= 4 is 43.6 Å². The molecule has 0 saturated heterocycles. The SMILES string of the molecule is CC1(C)c2ccccc2-c2cc3c(cc21)c1c(-c2ccc4c5cc6c(cc5n(-c5nc(-c7ccccc7)nc(-c7ccccc7)n5)c4c2)-c2ccccc2C6(c2ccccc2)c2ccccc2)cccc1n3-c1nc(-c2ccccc2)nc(-c2ccccc2)n1. The minimum absolute atomic E-state index is 0.265. The van der Waals surface area contributed by atoms with E-state index in [4.69, 9.17) is 29.9 Å². The molecule has 16 aromatic rings. The monoisotopic (exact) mass is 1150 g/mol. The Kier molecular flexibility index (Phi) is 11.4. The predicted molar refractivity (Wildman–Crippen MR) is 364 cm³/mol. The second kappa shape index (κ2) is 19.9. The van der Waals surface area contributed by atoms with Gasteiger partial charge in [-0.25, -0.2) is 9.97 Å². The largest absolute Gasteiger partial charge is 0.278 e. The van der Waals surface area contributed by atoms with Gasteiger partial charge in [0.1, 0.15) is 0 Å². The zero-order valence-corrected chi connectivity index (χ0v) is 49.3. The average molecular weight is 1150 g/mol. The van der Waals surface area contributed by atoms with Gasteiger partial charge in [0.05, 0.1) is 27.5 Å². The Balaban J connectivity index is 0.947. The lowest BCUT2D eigenvalue weighted by Crippen LogP contribution is -2.28. The van der Waals surface area contributed by atoms with Gasteiger partial charge < -0.3 is 0 Å². The summed E-state index contributed by atoms with van der Waals surface area (Å²) < 4.78 is 4.56. The summed E-state index contributed by atoms with van der Waals surface area (Å²) in [6.45, 7) is 4.71. The lowest BCUT2D eigenvalue weighted by molar-refractivity contribution is 0.661. The highest BCUT2D eigenvalue weighted by molar-refractivity contribution is 6.19. The molecule has 4 aromatic heterocycles. The normalized spacial score (nSPS) is 13.4. The van der Waals surface area contributed by atoms with Crippen molar-refractivity contribution < 1.29 is 0 Å². The number of benzene rings is 12. The van der Waals surface area contributed by atoms with Crippen molar-refractivity contribution in [2.75, 3.05) is 0 Å². The molecule has 0 spiro atoms. The van der Waals surface area contributed by atoms with Gasteiger partial charge in [-0.1, -0.05) is 269 Å². The fourth-order valence-corrected chi connectivity index (χ4v) is 14.8. The molecule has 0 radical (unpaired) electrons. The predicted octanol–water partition coefficient (Wildman–Crippen LogP) is 19.3. The summed E-state index contributed by atoms with van der Waals surface area (Å²) in [4.78, 5) is 32.2. The van der Waals surface area contributed by atoms with Crippen LogP contribution in [-0.4, -0.2) is 39.0 Å². The van der Waals surface area contributed by atoms with E-state index in [1.54, 1.807) is 0 Å². The van der Waals surface area contributed by atoms with Crippen LogP contribution >= 0.6 is 0 Å². The molecule has 2 aliphatic carbocycles. The van der Waals surface area contributed by atoms with E-state index < -0.39 is 5.41 Å². The molecule has 0 atom stereocenters. The van der Waals surface area contributed by atoms with Gasteiger partial charge in [0.15, 0.2) is 23.3 Å². The molecule has 4 heterocycles. The first-order valence-corrected chi connectivity index (χ1v) is 30.7. The summed E-state index contributed by atoms with van der Waals surface area (Å²) in [7, 11) is 0. The molecular weight excluding hydrogens is 1100 g/mol. The third-order valence-electron chi connectivity index (χ3n) is 18.9. The zero-order valence-electron chi connectivity index (χ0n) is 49.3. The summed E-state index contributed by atoms with van der Waals surface area (Å²) in [6.07, 6.45) is 0. The molecular formula is C82H54N8. The van der Waals surface area contributed by atoms with Crippen LogP contribution in [0.25, 0.3) is 134 Å². The lowest BCUT2D eigenvalue weighted by atomic mass is 9.67. The molecule has 0 fully saturated rings. The third kappa shape index (κ3) is 7.67. The van der Waals surface area contributed by atoms with Gasteiger partial charge in [-0.05, 0) is 103 Å². The third-order valence-corrected chi connectivity index (χ3v) is 18.9. The van der Waals surface area contributed by atoms with E-state index in [-0.39, 0.29) is 5.41 Å². The Labute approximate surface area is 519 Å². The van der Waals surface area contributed by atoms with Crippen LogP contribution in [0.1, 0.15) is 47.2 Å². The Morgan fingerprint density at radius 3 is 1.18 bits per heavy atom. The van der Waals surface area contributed by atoms with Crippen molar-refractivity contribution in [3.63, 3.8) is 0 Å². The minimum atomic E-state index is -0.618. The van der Waals surface area contributed by atoms with Crippen molar-refractivity contribution in [3.8, 4) is 90.8 Å². The first kappa shape index (κ1) is 51.5. The van der Waals surface area contributed by atoms with Crippen molar-refractivity contribution in [2.45, 2.75) is 24.7 Å². The van der Waals surface area contributed by atoms with Gasteiger partial charge in [0.25, 0.3) is 0 Å². The Morgan fingerprint density at radius 2 is 0.656 bits per heavy atom. The van der Waals surface area contributed by atoms with Gasteiger partial charge in [0, 0.05) is 49.2 Å². The molecule has 12 aromatic carbocycles. The van der Waals surface area contributed by atoms with Gasteiger partial charge in [-0.2, -0.15) is 19.9 Å². The van der Waals surface area contributed by atoms with E-state index in [1.807, 2.05) is 72.8 Å². The summed E-state index contributed by atoms with van der Waals surface area (Å²) in [5.41, 5.74) is 21.0. The molecule has 0 aliphatic heterocycles. The number of aromatic nitrogens is 8. The molecule has 90 heavy (non-hydrogen) atoms. The molecule has 18 rings (SSSR count). The second-order valence-corrected chi connectivity index (χ2v) is 24.2. The van der Waals surface area contributed by atoms with E-state index >= 15 is 0 Å². The molecule has 0 N–H and O–H groups in total. The van der Waals surface area contributed by atoms with Crippen LogP contribution in [0.4, 0.5) is 0 Å². The van der Waals surface area contributed by atoms with Crippen LogP contribution < -0.4 is 0 Å². The Morgan fingerprint density at radius 1 is 0.256 bits per heavy atom. The topological polar surface area (TPSA) is 87.2 Å². The summed E-state index contributed by atoms with van der Waals surface area (Å²) in [5, 5.41) is 4.36. The Bertz CT molecular complexity index is 5390. The fraction of sp³-hybridized carbons (Fsp3) is 0.0488. The van der Waals surface area contributed by atoms with Gasteiger partial charge in [0.2, 0.25) is 11.9 Å².